The van der Waals surface area contributed by atoms with E-state index < -0.39 is 5.97 Å². The molecule has 8 nitrogen and oxygen atoms in total. The SMILES string of the molecule is COC(=O)c1ccc(OC)c(Nc2nccc(-c3cn(C(C)C)c4c(Cl)nccc34)n2)c1. The highest BCUT2D eigenvalue weighted by Crippen LogP contribution is 2.35. The van der Waals surface area contributed by atoms with Gasteiger partial charge in [-0.05, 0) is 44.2 Å². The Morgan fingerprint density at radius 3 is 2.62 bits per heavy atom. The van der Waals surface area contributed by atoms with Gasteiger partial charge in [-0.15, -0.1) is 0 Å². The van der Waals surface area contributed by atoms with E-state index in [0.717, 1.165) is 22.2 Å². The van der Waals surface area contributed by atoms with E-state index in [4.69, 9.17) is 26.1 Å². The zero-order valence-corrected chi connectivity index (χ0v) is 18.8. The lowest BCUT2D eigenvalue weighted by atomic mass is 10.1. The van der Waals surface area contributed by atoms with Gasteiger partial charge in [-0.2, -0.15) is 0 Å². The summed E-state index contributed by atoms with van der Waals surface area (Å²) < 4.78 is 12.3. The Bertz CT molecular complexity index is 1300. The fourth-order valence-corrected chi connectivity index (χ4v) is 3.77. The summed E-state index contributed by atoms with van der Waals surface area (Å²) in [6.45, 7) is 4.17. The van der Waals surface area contributed by atoms with Gasteiger partial charge >= 0.3 is 5.97 Å². The Hall–Kier alpha value is -3.65. The number of hydrogen-bond acceptors (Lipinski definition) is 7. The first-order chi connectivity index (χ1) is 15.4. The molecule has 4 rings (SSSR count). The van der Waals surface area contributed by atoms with E-state index in [1.165, 1.54) is 7.11 Å². The Morgan fingerprint density at radius 2 is 1.91 bits per heavy atom. The number of aromatic nitrogens is 4. The molecule has 0 unspecified atom stereocenters. The van der Waals surface area contributed by atoms with Crippen LogP contribution in [0.5, 0.6) is 5.75 Å². The largest absolute Gasteiger partial charge is 0.495 e. The predicted octanol–water partition coefficient (Wildman–Crippen LogP) is 5.27. The number of hydrogen-bond donors (Lipinski definition) is 1. The van der Waals surface area contributed by atoms with Crippen LogP contribution in [0.4, 0.5) is 11.6 Å². The molecule has 0 saturated heterocycles. The first-order valence-corrected chi connectivity index (χ1v) is 10.3. The molecule has 4 aromatic rings. The lowest BCUT2D eigenvalue weighted by Crippen LogP contribution is -2.04. The zero-order chi connectivity index (χ0) is 22.8. The number of anilines is 2. The molecule has 0 aliphatic rings. The van der Waals surface area contributed by atoms with Crippen molar-refractivity contribution in [3.63, 3.8) is 0 Å². The van der Waals surface area contributed by atoms with Crippen molar-refractivity contribution in [3.05, 3.63) is 59.6 Å². The van der Waals surface area contributed by atoms with Gasteiger partial charge in [0.2, 0.25) is 5.95 Å². The van der Waals surface area contributed by atoms with E-state index in [1.807, 2.05) is 18.3 Å². The summed E-state index contributed by atoms with van der Waals surface area (Å²) in [5.74, 6) is 0.451. The summed E-state index contributed by atoms with van der Waals surface area (Å²) in [5.41, 5.74) is 3.43. The first kappa shape index (κ1) is 21.6. The summed E-state index contributed by atoms with van der Waals surface area (Å²) >= 11 is 6.40. The topological polar surface area (TPSA) is 91.2 Å². The van der Waals surface area contributed by atoms with Crippen LogP contribution in [0.3, 0.4) is 0 Å². The van der Waals surface area contributed by atoms with Crippen LogP contribution in [0.2, 0.25) is 5.15 Å². The van der Waals surface area contributed by atoms with Crippen molar-refractivity contribution in [1.29, 1.82) is 0 Å². The fraction of sp³-hybridized carbons (Fsp3) is 0.217. The summed E-state index contributed by atoms with van der Waals surface area (Å²) in [5, 5.41) is 4.54. The molecule has 0 radical (unpaired) electrons. The van der Waals surface area contributed by atoms with Crippen LogP contribution >= 0.6 is 11.6 Å². The molecule has 0 spiro atoms. The molecule has 3 heterocycles. The van der Waals surface area contributed by atoms with Crippen LogP contribution < -0.4 is 10.1 Å². The second kappa shape index (κ2) is 8.84. The lowest BCUT2D eigenvalue weighted by Gasteiger charge is -2.12. The number of pyridine rings is 1. The van der Waals surface area contributed by atoms with Crippen molar-refractivity contribution in [2.45, 2.75) is 19.9 Å². The number of fused-ring (bicyclic) bond motifs is 1. The number of halogens is 1. The van der Waals surface area contributed by atoms with E-state index in [9.17, 15) is 4.79 Å². The Balaban J connectivity index is 1.77. The highest BCUT2D eigenvalue weighted by atomic mass is 35.5. The molecule has 3 aromatic heterocycles. The number of methoxy groups -OCH3 is 2. The Labute approximate surface area is 190 Å². The molecule has 0 aliphatic carbocycles. The molecule has 0 saturated carbocycles. The maximum Gasteiger partial charge on any atom is 0.337 e. The molecular formula is C23H22ClN5O3. The van der Waals surface area contributed by atoms with Crippen LogP contribution in [-0.4, -0.2) is 39.7 Å². The van der Waals surface area contributed by atoms with Gasteiger partial charge in [-0.3, -0.25) is 0 Å². The number of nitrogens with zero attached hydrogens (tertiary/aromatic N) is 4. The zero-order valence-electron chi connectivity index (χ0n) is 18.1. The predicted molar refractivity (Wildman–Crippen MR) is 124 cm³/mol. The molecule has 0 amide bonds. The van der Waals surface area contributed by atoms with Crippen molar-refractivity contribution in [2.75, 3.05) is 19.5 Å². The minimum atomic E-state index is -0.447. The minimum Gasteiger partial charge on any atom is -0.495 e. The van der Waals surface area contributed by atoms with Crippen molar-refractivity contribution in [1.82, 2.24) is 19.5 Å². The van der Waals surface area contributed by atoms with Crippen LogP contribution in [0, 0.1) is 0 Å². The monoisotopic (exact) mass is 451 g/mol. The van der Waals surface area contributed by atoms with Gasteiger partial charge < -0.3 is 19.4 Å². The molecule has 0 atom stereocenters. The average molecular weight is 452 g/mol. The second-order valence-corrected chi connectivity index (χ2v) is 7.70. The van der Waals surface area contributed by atoms with Gasteiger partial charge in [0.15, 0.2) is 5.15 Å². The molecule has 0 aliphatic heterocycles. The van der Waals surface area contributed by atoms with Crippen LogP contribution in [0.1, 0.15) is 30.2 Å². The van der Waals surface area contributed by atoms with Crippen molar-refractivity contribution in [2.24, 2.45) is 0 Å². The number of esters is 1. The van der Waals surface area contributed by atoms with Gasteiger partial charge in [0.25, 0.3) is 0 Å². The number of rotatable bonds is 6. The maximum absolute atomic E-state index is 11.9. The van der Waals surface area contributed by atoms with Gasteiger partial charge in [0.1, 0.15) is 5.75 Å². The van der Waals surface area contributed by atoms with E-state index in [2.05, 4.69) is 33.7 Å². The van der Waals surface area contributed by atoms with Gasteiger partial charge in [0.05, 0.1) is 36.7 Å². The third kappa shape index (κ3) is 3.97. The smallest absolute Gasteiger partial charge is 0.337 e. The second-order valence-electron chi connectivity index (χ2n) is 7.34. The molecule has 0 fully saturated rings. The maximum atomic E-state index is 11.9. The molecule has 32 heavy (non-hydrogen) atoms. The summed E-state index contributed by atoms with van der Waals surface area (Å²) in [6, 6.07) is 8.90. The fourth-order valence-electron chi connectivity index (χ4n) is 3.52. The summed E-state index contributed by atoms with van der Waals surface area (Å²) in [7, 11) is 2.88. The van der Waals surface area contributed by atoms with Gasteiger partial charge in [0, 0.05) is 35.6 Å². The molecular weight excluding hydrogens is 430 g/mol. The molecule has 9 heteroatoms. The molecule has 164 valence electrons. The Kier molecular flexibility index (Phi) is 5.96. The number of carbonyl (C=O) groups is 1. The van der Waals surface area contributed by atoms with E-state index >= 15 is 0 Å². The van der Waals surface area contributed by atoms with Crippen molar-refractivity contribution < 1.29 is 14.3 Å². The first-order valence-electron chi connectivity index (χ1n) is 9.94. The van der Waals surface area contributed by atoms with Crippen LogP contribution in [0.25, 0.3) is 22.2 Å². The van der Waals surface area contributed by atoms with Gasteiger partial charge in [-0.1, -0.05) is 11.6 Å². The van der Waals surface area contributed by atoms with E-state index in [1.54, 1.807) is 37.7 Å². The van der Waals surface area contributed by atoms with Crippen molar-refractivity contribution in [3.8, 4) is 17.0 Å². The molecule has 1 aromatic carbocycles. The average Bonchev–Trinajstić information content (AvgIpc) is 3.20. The number of carbonyl (C=O) groups excluding carboxylic acids is 1. The minimum absolute atomic E-state index is 0.192. The van der Waals surface area contributed by atoms with E-state index in [-0.39, 0.29) is 6.04 Å². The normalized spacial score (nSPS) is 11.1. The Morgan fingerprint density at radius 1 is 1.12 bits per heavy atom. The standard InChI is InChI=1S/C23H22ClN5O3/c1-13(2)29-12-16(15-7-9-25-21(24)20(15)29)17-8-10-26-23(27-17)28-18-11-14(22(30)32-4)5-6-19(18)31-3/h5-13H,1-4H3,(H,26,27,28). The van der Waals surface area contributed by atoms with Gasteiger partial charge in [-0.25, -0.2) is 19.7 Å². The molecule has 0 bridgehead atoms. The quantitative estimate of drug-likeness (QED) is 0.315. The summed E-state index contributed by atoms with van der Waals surface area (Å²) in [4.78, 5) is 25.2. The third-order valence-electron chi connectivity index (χ3n) is 5.05. The highest BCUT2D eigenvalue weighted by molar-refractivity contribution is 6.34. The number of nitrogens with one attached hydrogen (secondary N) is 1. The highest BCUT2D eigenvalue weighted by Gasteiger charge is 2.17. The van der Waals surface area contributed by atoms with Crippen molar-refractivity contribution >= 4 is 40.1 Å². The van der Waals surface area contributed by atoms with E-state index in [0.29, 0.717) is 28.1 Å². The summed E-state index contributed by atoms with van der Waals surface area (Å²) in [6.07, 6.45) is 5.37. The number of benzene rings is 1. The van der Waals surface area contributed by atoms with Crippen LogP contribution in [-0.2, 0) is 4.74 Å². The van der Waals surface area contributed by atoms with Crippen LogP contribution in [0.15, 0.2) is 48.9 Å². The molecule has 1 N–H and O–H groups in total. The third-order valence-corrected chi connectivity index (χ3v) is 5.33. The lowest BCUT2D eigenvalue weighted by molar-refractivity contribution is 0.0600. The number of ether oxygens (including phenoxy) is 2.